The molecule has 0 atom stereocenters. The maximum Gasteiger partial charge on any atom is 0.404 e. The fourth-order valence-corrected chi connectivity index (χ4v) is 0.718. The summed E-state index contributed by atoms with van der Waals surface area (Å²) in [5, 5.41) is 10.3. The van der Waals surface area contributed by atoms with Crippen LogP contribution in [0.25, 0.3) is 0 Å². The van der Waals surface area contributed by atoms with Gasteiger partial charge in [0.05, 0.1) is 6.20 Å². The molecule has 1 rings (SSSR count). The van der Waals surface area contributed by atoms with Crippen LogP contribution < -0.4 is 5.32 Å². The van der Waals surface area contributed by atoms with Gasteiger partial charge in [-0.05, 0) is 6.07 Å². The lowest BCUT2D eigenvalue weighted by Gasteiger charge is -2.00. The Morgan fingerprint density at radius 3 is 3.08 bits per heavy atom. The van der Waals surface area contributed by atoms with E-state index < -0.39 is 11.9 Å². The molecule has 0 aliphatic carbocycles. The maximum atomic E-state index is 12.7. The monoisotopic (exact) mass is 170 g/mol. The van der Waals surface area contributed by atoms with Crippen LogP contribution >= 0.6 is 0 Å². The molecule has 0 unspecified atom stereocenters. The van der Waals surface area contributed by atoms with Gasteiger partial charge in [0.2, 0.25) is 0 Å². The smallest absolute Gasteiger partial charge is 0.404 e. The molecule has 0 radical (unpaired) electrons. The van der Waals surface area contributed by atoms with Crippen LogP contribution in [0.2, 0.25) is 0 Å². The number of pyridine rings is 1. The Morgan fingerprint density at radius 1 is 1.75 bits per heavy atom. The highest BCUT2D eigenvalue weighted by Crippen LogP contribution is 2.02. The third kappa shape index (κ3) is 2.19. The third-order valence-electron chi connectivity index (χ3n) is 1.29. The first kappa shape index (κ1) is 8.45. The molecule has 0 aliphatic rings. The molecule has 1 amide bonds. The quantitative estimate of drug-likeness (QED) is 0.695. The van der Waals surface area contributed by atoms with Crippen molar-refractivity contribution in [2.24, 2.45) is 0 Å². The van der Waals surface area contributed by atoms with Crippen molar-refractivity contribution in [2.75, 3.05) is 0 Å². The molecule has 0 saturated carbocycles. The van der Waals surface area contributed by atoms with Crippen LogP contribution in [0.4, 0.5) is 9.18 Å². The second-order valence-corrected chi connectivity index (χ2v) is 2.13. The largest absolute Gasteiger partial charge is 0.465 e. The van der Waals surface area contributed by atoms with Gasteiger partial charge in [-0.15, -0.1) is 0 Å². The maximum absolute atomic E-state index is 12.7. The molecule has 0 bridgehead atoms. The van der Waals surface area contributed by atoms with Gasteiger partial charge < -0.3 is 10.4 Å². The topological polar surface area (TPSA) is 62.2 Å². The lowest BCUT2D eigenvalue weighted by molar-refractivity contribution is 0.194. The summed E-state index contributed by atoms with van der Waals surface area (Å²) in [6, 6.07) is 1.42. The van der Waals surface area contributed by atoms with E-state index in [2.05, 4.69) is 10.3 Å². The molecule has 2 N–H and O–H groups in total. The molecule has 1 heterocycles. The Morgan fingerprint density at radius 2 is 2.50 bits per heavy atom. The van der Waals surface area contributed by atoms with Crippen molar-refractivity contribution in [3.8, 4) is 0 Å². The van der Waals surface area contributed by atoms with E-state index in [9.17, 15) is 9.18 Å². The van der Waals surface area contributed by atoms with Gasteiger partial charge in [0, 0.05) is 18.3 Å². The lowest BCUT2D eigenvalue weighted by Crippen LogP contribution is -2.20. The predicted molar refractivity (Wildman–Crippen MR) is 39.1 cm³/mol. The van der Waals surface area contributed by atoms with Crippen molar-refractivity contribution >= 4 is 6.09 Å². The van der Waals surface area contributed by atoms with Crippen LogP contribution in [-0.2, 0) is 6.54 Å². The summed E-state index contributed by atoms with van der Waals surface area (Å²) in [5.41, 5.74) is 0.285. The van der Waals surface area contributed by atoms with Crippen molar-refractivity contribution in [1.82, 2.24) is 10.3 Å². The SMILES string of the molecule is O=C(O)NCc1ccncc1F. The van der Waals surface area contributed by atoms with Crippen molar-refractivity contribution < 1.29 is 14.3 Å². The van der Waals surface area contributed by atoms with Crippen molar-refractivity contribution in [1.29, 1.82) is 0 Å². The number of aromatic nitrogens is 1. The summed E-state index contributed by atoms with van der Waals surface area (Å²) >= 11 is 0. The zero-order chi connectivity index (χ0) is 8.97. The number of nitrogens with zero attached hydrogens (tertiary/aromatic N) is 1. The highest BCUT2D eigenvalue weighted by molar-refractivity contribution is 5.64. The minimum Gasteiger partial charge on any atom is -0.465 e. The van der Waals surface area contributed by atoms with Gasteiger partial charge in [-0.1, -0.05) is 0 Å². The molecule has 0 spiro atoms. The van der Waals surface area contributed by atoms with Gasteiger partial charge in [0.1, 0.15) is 5.82 Å². The van der Waals surface area contributed by atoms with E-state index in [4.69, 9.17) is 5.11 Å². The first-order valence-electron chi connectivity index (χ1n) is 3.25. The standard InChI is InChI=1S/C7H7FN2O2/c8-6-4-9-2-1-5(6)3-10-7(11)12/h1-2,4,10H,3H2,(H,11,12). The van der Waals surface area contributed by atoms with Crippen molar-refractivity contribution in [3.05, 3.63) is 29.8 Å². The van der Waals surface area contributed by atoms with E-state index in [1.165, 1.54) is 12.3 Å². The molecular formula is C7H7FN2O2. The molecule has 1 aromatic heterocycles. The summed E-state index contributed by atoms with van der Waals surface area (Å²) in [7, 11) is 0. The highest BCUT2D eigenvalue weighted by Gasteiger charge is 2.01. The molecular weight excluding hydrogens is 163 g/mol. The summed E-state index contributed by atoms with van der Waals surface area (Å²) in [5.74, 6) is -0.508. The van der Waals surface area contributed by atoms with Crippen LogP contribution in [0.15, 0.2) is 18.5 Å². The Balaban J connectivity index is 2.63. The number of amides is 1. The second kappa shape index (κ2) is 3.66. The normalized spacial score (nSPS) is 9.42. The molecule has 0 aliphatic heterocycles. The zero-order valence-electron chi connectivity index (χ0n) is 6.12. The highest BCUT2D eigenvalue weighted by atomic mass is 19.1. The Kier molecular flexibility index (Phi) is 2.57. The molecule has 12 heavy (non-hydrogen) atoms. The zero-order valence-corrected chi connectivity index (χ0v) is 6.12. The Bertz CT molecular complexity index is 290. The summed E-state index contributed by atoms with van der Waals surface area (Å²) in [6.07, 6.45) is 1.27. The van der Waals surface area contributed by atoms with Crippen molar-refractivity contribution in [3.63, 3.8) is 0 Å². The van der Waals surface area contributed by atoms with E-state index in [0.717, 1.165) is 6.20 Å². The van der Waals surface area contributed by atoms with Crippen LogP contribution in [0.1, 0.15) is 5.56 Å². The minimum atomic E-state index is -1.17. The average Bonchev–Trinajstić information content (AvgIpc) is 2.03. The molecule has 4 nitrogen and oxygen atoms in total. The van der Waals surface area contributed by atoms with Gasteiger partial charge in [-0.25, -0.2) is 9.18 Å². The van der Waals surface area contributed by atoms with Gasteiger partial charge in [-0.3, -0.25) is 4.98 Å². The molecule has 0 saturated heterocycles. The van der Waals surface area contributed by atoms with E-state index in [-0.39, 0.29) is 12.1 Å². The third-order valence-corrected chi connectivity index (χ3v) is 1.29. The van der Waals surface area contributed by atoms with Gasteiger partial charge in [-0.2, -0.15) is 0 Å². The summed E-state index contributed by atoms with van der Waals surface area (Å²) < 4.78 is 12.7. The number of carbonyl (C=O) groups is 1. The van der Waals surface area contributed by atoms with Crippen molar-refractivity contribution in [2.45, 2.75) is 6.54 Å². The molecule has 1 aromatic rings. The molecule has 0 aromatic carbocycles. The van der Waals surface area contributed by atoms with E-state index >= 15 is 0 Å². The number of hydrogen-bond donors (Lipinski definition) is 2. The fourth-order valence-electron chi connectivity index (χ4n) is 0.718. The van der Waals surface area contributed by atoms with Crippen LogP contribution in [-0.4, -0.2) is 16.2 Å². The van der Waals surface area contributed by atoms with Crippen LogP contribution in [0, 0.1) is 5.82 Å². The number of carboxylic acid groups (broad SMARTS) is 1. The molecule has 5 heteroatoms. The average molecular weight is 170 g/mol. The predicted octanol–water partition coefficient (Wildman–Crippen LogP) is 0.988. The van der Waals surface area contributed by atoms with Crippen LogP contribution in [0.5, 0.6) is 0 Å². The minimum absolute atomic E-state index is 0.0380. The Labute approximate surface area is 68.1 Å². The molecule has 0 fully saturated rings. The lowest BCUT2D eigenvalue weighted by atomic mass is 10.2. The van der Waals surface area contributed by atoms with E-state index in [1.54, 1.807) is 0 Å². The van der Waals surface area contributed by atoms with E-state index in [0.29, 0.717) is 0 Å². The number of halogens is 1. The number of hydrogen-bond acceptors (Lipinski definition) is 2. The van der Waals surface area contributed by atoms with Gasteiger partial charge in [0.15, 0.2) is 0 Å². The Hall–Kier alpha value is -1.65. The first-order valence-corrected chi connectivity index (χ1v) is 3.25. The number of rotatable bonds is 2. The van der Waals surface area contributed by atoms with Gasteiger partial charge in [0.25, 0.3) is 0 Å². The van der Waals surface area contributed by atoms with Crippen LogP contribution in [0.3, 0.4) is 0 Å². The summed E-state index contributed by atoms with van der Waals surface area (Å²) in [4.78, 5) is 13.6. The molecule has 64 valence electrons. The summed E-state index contributed by atoms with van der Waals surface area (Å²) in [6.45, 7) is -0.0380. The number of nitrogens with one attached hydrogen (secondary N) is 1. The first-order chi connectivity index (χ1) is 5.70. The van der Waals surface area contributed by atoms with E-state index in [1.807, 2.05) is 0 Å². The fraction of sp³-hybridized carbons (Fsp3) is 0.143. The second-order valence-electron chi connectivity index (χ2n) is 2.13. The van der Waals surface area contributed by atoms with Gasteiger partial charge >= 0.3 is 6.09 Å².